The van der Waals surface area contributed by atoms with Crippen LogP contribution in [0.4, 0.5) is 4.39 Å². The molecule has 0 aromatic heterocycles. The Morgan fingerprint density at radius 1 is 1.18 bits per heavy atom. The molecule has 17 heavy (non-hydrogen) atoms. The first kappa shape index (κ1) is 12.5. The lowest BCUT2D eigenvalue weighted by Crippen LogP contribution is -3.16. The quantitative estimate of drug-likeness (QED) is 0.623. The Bertz CT molecular complexity index is 323. The van der Waals surface area contributed by atoms with Gasteiger partial charge in [0.1, 0.15) is 38.5 Å². The fraction of sp³-hybridized carbons (Fsp3) is 0.538. The summed E-state index contributed by atoms with van der Waals surface area (Å²) in [6.07, 6.45) is 0. The summed E-state index contributed by atoms with van der Waals surface area (Å²) < 4.78 is 18.0. The van der Waals surface area contributed by atoms with Gasteiger partial charge < -0.3 is 15.0 Å². The highest BCUT2D eigenvalue weighted by atomic mass is 19.1. The zero-order chi connectivity index (χ0) is 11.9. The van der Waals surface area contributed by atoms with Gasteiger partial charge in [0, 0.05) is 5.56 Å². The van der Waals surface area contributed by atoms with Crippen LogP contribution in [0.25, 0.3) is 0 Å². The molecule has 0 spiro atoms. The summed E-state index contributed by atoms with van der Waals surface area (Å²) in [5.41, 5.74) is 1.18. The van der Waals surface area contributed by atoms with Gasteiger partial charge in [-0.15, -0.1) is 0 Å². The molecular formula is C13H21FN2O+2. The van der Waals surface area contributed by atoms with Crippen molar-refractivity contribution in [2.24, 2.45) is 0 Å². The summed E-state index contributed by atoms with van der Waals surface area (Å²) in [6, 6.07) is 6.76. The van der Waals surface area contributed by atoms with E-state index in [4.69, 9.17) is 4.74 Å². The first-order chi connectivity index (χ1) is 8.34. The highest BCUT2D eigenvalue weighted by molar-refractivity contribution is 5.14. The van der Waals surface area contributed by atoms with Crippen molar-refractivity contribution in [3.8, 4) is 0 Å². The predicted molar refractivity (Wildman–Crippen MR) is 63.3 cm³/mol. The third-order valence-electron chi connectivity index (χ3n) is 3.20. The number of rotatable bonds is 5. The molecule has 1 saturated heterocycles. The zero-order valence-corrected chi connectivity index (χ0v) is 10.1. The second-order valence-electron chi connectivity index (χ2n) is 4.52. The van der Waals surface area contributed by atoms with Gasteiger partial charge in [0.2, 0.25) is 0 Å². The number of ether oxygens (including phenoxy) is 1. The maximum atomic E-state index is 12.7. The Labute approximate surface area is 102 Å². The molecule has 0 saturated carbocycles. The molecule has 0 aliphatic carbocycles. The Hall–Kier alpha value is -0.970. The normalized spacial score (nSPS) is 17.2. The third kappa shape index (κ3) is 4.42. The number of nitrogens with one attached hydrogen (secondary N) is 1. The van der Waals surface area contributed by atoms with Crippen LogP contribution in [0.3, 0.4) is 0 Å². The van der Waals surface area contributed by atoms with Crippen molar-refractivity contribution >= 4 is 0 Å². The number of nitrogens with two attached hydrogens (primary N) is 1. The van der Waals surface area contributed by atoms with Gasteiger partial charge in [0.15, 0.2) is 0 Å². The summed E-state index contributed by atoms with van der Waals surface area (Å²) >= 11 is 0. The van der Waals surface area contributed by atoms with Crippen LogP contribution in [0.1, 0.15) is 5.56 Å². The Morgan fingerprint density at radius 2 is 1.88 bits per heavy atom. The minimum Gasteiger partial charge on any atom is -0.370 e. The maximum absolute atomic E-state index is 12.7. The van der Waals surface area contributed by atoms with E-state index in [1.165, 1.54) is 24.2 Å². The minimum atomic E-state index is -0.161. The standard InChI is InChI=1S/C13H19FN2O/c14-13-3-1-12(2-4-13)11-15-5-6-16-7-9-17-10-8-16/h1-4,15H,5-11H2/p+2. The van der Waals surface area contributed by atoms with Crippen LogP contribution in [-0.4, -0.2) is 39.4 Å². The zero-order valence-electron chi connectivity index (χ0n) is 10.1. The molecule has 3 nitrogen and oxygen atoms in total. The number of benzene rings is 1. The molecular weight excluding hydrogens is 219 g/mol. The predicted octanol–water partition coefficient (Wildman–Crippen LogP) is -1.20. The van der Waals surface area contributed by atoms with Crippen molar-refractivity contribution in [3.05, 3.63) is 35.6 Å². The molecule has 4 heteroatoms. The molecule has 3 N–H and O–H groups in total. The second kappa shape index (κ2) is 6.69. The molecule has 1 heterocycles. The molecule has 1 aliphatic heterocycles. The van der Waals surface area contributed by atoms with E-state index in [0.717, 1.165) is 39.4 Å². The van der Waals surface area contributed by atoms with Gasteiger partial charge in [-0.2, -0.15) is 0 Å². The lowest BCUT2D eigenvalue weighted by Gasteiger charge is -2.22. The van der Waals surface area contributed by atoms with Gasteiger partial charge in [0.25, 0.3) is 0 Å². The van der Waals surface area contributed by atoms with E-state index in [0.29, 0.717) is 0 Å². The first-order valence-electron chi connectivity index (χ1n) is 6.32. The van der Waals surface area contributed by atoms with Gasteiger partial charge in [-0.1, -0.05) is 12.1 Å². The van der Waals surface area contributed by atoms with E-state index in [1.54, 1.807) is 4.90 Å². The van der Waals surface area contributed by atoms with Gasteiger partial charge >= 0.3 is 0 Å². The SMILES string of the molecule is Fc1ccc(C[NH2+]CC[NH+]2CCOCC2)cc1. The van der Waals surface area contributed by atoms with Crippen molar-refractivity contribution in [2.75, 3.05) is 39.4 Å². The van der Waals surface area contributed by atoms with Gasteiger partial charge in [-0.25, -0.2) is 4.39 Å². The first-order valence-corrected chi connectivity index (χ1v) is 6.32. The van der Waals surface area contributed by atoms with Crippen molar-refractivity contribution in [2.45, 2.75) is 6.54 Å². The van der Waals surface area contributed by atoms with Crippen LogP contribution in [0.15, 0.2) is 24.3 Å². The number of hydrogen-bond acceptors (Lipinski definition) is 1. The third-order valence-corrected chi connectivity index (χ3v) is 3.20. The van der Waals surface area contributed by atoms with E-state index < -0.39 is 0 Å². The van der Waals surface area contributed by atoms with Gasteiger partial charge in [-0.05, 0) is 12.1 Å². The lowest BCUT2D eigenvalue weighted by atomic mass is 10.2. The fourth-order valence-electron chi connectivity index (χ4n) is 2.11. The van der Waals surface area contributed by atoms with E-state index >= 15 is 0 Å². The van der Waals surface area contributed by atoms with Crippen LogP contribution in [0.5, 0.6) is 0 Å². The summed E-state index contributed by atoms with van der Waals surface area (Å²) in [5.74, 6) is -0.161. The molecule has 1 aromatic rings. The average molecular weight is 240 g/mol. The molecule has 0 atom stereocenters. The number of hydrogen-bond donors (Lipinski definition) is 2. The Morgan fingerprint density at radius 3 is 2.59 bits per heavy atom. The monoisotopic (exact) mass is 240 g/mol. The van der Waals surface area contributed by atoms with Crippen LogP contribution in [0, 0.1) is 5.82 Å². The number of morpholine rings is 1. The van der Waals surface area contributed by atoms with Crippen molar-refractivity contribution in [3.63, 3.8) is 0 Å². The Kier molecular flexibility index (Phi) is 4.91. The maximum Gasteiger partial charge on any atom is 0.127 e. The largest absolute Gasteiger partial charge is 0.370 e. The summed E-state index contributed by atoms with van der Waals surface area (Å²) in [7, 11) is 0. The summed E-state index contributed by atoms with van der Waals surface area (Å²) in [4.78, 5) is 1.63. The minimum absolute atomic E-state index is 0.161. The molecule has 1 aliphatic rings. The van der Waals surface area contributed by atoms with Crippen LogP contribution in [0.2, 0.25) is 0 Å². The van der Waals surface area contributed by atoms with E-state index in [2.05, 4.69) is 5.32 Å². The van der Waals surface area contributed by atoms with Crippen molar-refractivity contribution in [1.82, 2.24) is 0 Å². The van der Waals surface area contributed by atoms with Crippen LogP contribution in [-0.2, 0) is 11.3 Å². The Balaban J connectivity index is 1.60. The van der Waals surface area contributed by atoms with Crippen molar-refractivity contribution in [1.29, 1.82) is 0 Å². The molecule has 2 rings (SSSR count). The summed E-state index contributed by atoms with van der Waals surface area (Å²) in [6.45, 7) is 7.29. The summed E-state index contributed by atoms with van der Waals surface area (Å²) in [5, 5.41) is 2.29. The topological polar surface area (TPSA) is 30.3 Å². The van der Waals surface area contributed by atoms with Crippen molar-refractivity contribution < 1.29 is 19.3 Å². The molecule has 0 bridgehead atoms. The van der Waals surface area contributed by atoms with Gasteiger partial charge in [-0.3, -0.25) is 0 Å². The fourth-order valence-corrected chi connectivity index (χ4v) is 2.11. The molecule has 0 amide bonds. The number of quaternary nitrogens is 2. The van der Waals surface area contributed by atoms with Crippen LogP contribution < -0.4 is 10.2 Å². The molecule has 0 unspecified atom stereocenters. The molecule has 0 radical (unpaired) electrons. The molecule has 1 fully saturated rings. The number of halogens is 1. The molecule has 94 valence electrons. The lowest BCUT2D eigenvalue weighted by molar-refractivity contribution is -0.920. The van der Waals surface area contributed by atoms with E-state index in [1.807, 2.05) is 12.1 Å². The average Bonchev–Trinajstić information content (AvgIpc) is 2.38. The molecule has 1 aromatic carbocycles. The van der Waals surface area contributed by atoms with E-state index in [-0.39, 0.29) is 5.82 Å². The highest BCUT2D eigenvalue weighted by Crippen LogP contribution is 2.00. The van der Waals surface area contributed by atoms with Gasteiger partial charge in [0.05, 0.1) is 13.2 Å². The van der Waals surface area contributed by atoms with Crippen LogP contribution >= 0.6 is 0 Å². The smallest absolute Gasteiger partial charge is 0.127 e. The second-order valence-corrected chi connectivity index (χ2v) is 4.52. The van der Waals surface area contributed by atoms with E-state index in [9.17, 15) is 4.39 Å². The highest BCUT2D eigenvalue weighted by Gasteiger charge is 2.13.